The minimum absolute atomic E-state index is 0.345. The minimum Gasteiger partial charge on any atom is -0.390 e. The summed E-state index contributed by atoms with van der Waals surface area (Å²) >= 11 is 0. The van der Waals surface area contributed by atoms with Gasteiger partial charge < -0.3 is 20.6 Å². The molecule has 0 aliphatic heterocycles. The van der Waals surface area contributed by atoms with Crippen molar-refractivity contribution >= 4 is 0 Å². The van der Waals surface area contributed by atoms with Gasteiger partial charge in [-0.25, -0.2) is 0 Å². The molecule has 13 heavy (non-hydrogen) atoms. The molecular weight excluding hydrogens is 166 g/mol. The van der Waals surface area contributed by atoms with E-state index in [-0.39, 0.29) is 6.10 Å². The molecule has 4 nitrogen and oxygen atoms in total. The van der Waals surface area contributed by atoms with Crippen LogP contribution >= 0.6 is 0 Å². The molecule has 0 radical (unpaired) electrons. The van der Waals surface area contributed by atoms with E-state index in [0.717, 1.165) is 19.5 Å². The normalized spacial score (nSPS) is 14.1. The molecule has 0 saturated heterocycles. The van der Waals surface area contributed by atoms with Gasteiger partial charge in [0.1, 0.15) is 0 Å². The lowest BCUT2D eigenvalue weighted by Gasteiger charge is -2.20. The van der Waals surface area contributed by atoms with E-state index in [1.807, 2.05) is 7.05 Å². The first-order valence-corrected chi connectivity index (χ1v) is 4.77. The molecule has 0 heterocycles. The number of nitrogens with two attached hydrogens (primary N) is 1. The third-order valence-electron chi connectivity index (χ3n) is 1.94. The number of aliphatic hydroxyl groups excluding tert-OH is 1. The average Bonchev–Trinajstić information content (AvgIpc) is 2.03. The largest absolute Gasteiger partial charge is 0.390 e. The average molecular weight is 189 g/mol. The smallest absolute Gasteiger partial charge is 0.0788 e. The fourth-order valence-corrected chi connectivity index (χ4v) is 1.18. The second-order valence-electron chi connectivity index (χ2n) is 3.81. The van der Waals surface area contributed by atoms with Gasteiger partial charge in [-0.3, -0.25) is 0 Å². The van der Waals surface area contributed by atoms with Crippen LogP contribution in [0.1, 0.15) is 6.42 Å². The number of hydrogen-bond donors (Lipinski definition) is 2. The first-order chi connectivity index (χ1) is 6.06. The fourth-order valence-electron chi connectivity index (χ4n) is 1.18. The third-order valence-corrected chi connectivity index (χ3v) is 1.94. The van der Waals surface area contributed by atoms with Gasteiger partial charge in [-0.15, -0.1) is 0 Å². The van der Waals surface area contributed by atoms with E-state index in [4.69, 9.17) is 5.73 Å². The Bertz CT molecular complexity index is 119. The highest BCUT2D eigenvalue weighted by molar-refractivity contribution is 4.61. The van der Waals surface area contributed by atoms with E-state index in [1.54, 1.807) is 0 Å². The van der Waals surface area contributed by atoms with Crippen molar-refractivity contribution in [1.82, 2.24) is 9.80 Å². The van der Waals surface area contributed by atoms with Crippen molar-refractivity contribution in [3.8, 4) is 0 Å². The monoisotopic (exact) mass is 189 g/mol. The number of hydrogen-bond acceptors (Lipinski definition) is 4. The Morgan fingerprint density at radius 3 is 2.31 bits per heavy atom. The van der Waals surface area contributed by atoms with Crippen molar-refractivity contribution in [1.29, 1.82) is 0 Å². The Morgan fingerprint density at radius 2 is 1.85 bits per heavy atom. The van der Waals surface area contributed by atoms with E-state index in [1.165, 1.54) is 0 Å². The fraction of sp³-hybridized carbons (Fsp3) is 1.00. The molecule has 0 rings (SSSR count). The van der Waals surface area contributed by atoms with Crippen molar-refractivity contribution in [2.75, 3.05) is 47.3 Å². The van der Waals surface area contributed by atoms with Gasteiger partial charge in [0.05, 0.1) is 6.10 Å². The van der Waals surface area contributed by atoms with Crippen molar-refractivity contribution in [2.24, 2.45) is 5.73 Å². The molecule has 0 aliphatic rings. The number of rotatable bonds is 7. The SMILES string of the molecule is CN(C)CCCN(C)CC(O)CN. The summed E-state index contributed by atoms with van der Waals surface area (Å²) in [5, 5.41) is 9.26. The number of aliphatic hydroxyl groups is 1. The van der Waals surface area contributed by atoms with E-state index >= 15 is 0 Å². The van der Waals surface area contributed by atoms with Gasteiger partial charge in [0.2, 0.25) is 0 Å². The topological polar surface area (TPSA) is 52.7 Å². The second kappa shape index (κ2) is 7.26. The maximum Gasteiger partial charge on any atom is 0.0788 e. The van der Waals surface area contributed by atoms with E-state index in [0.29, 0.717) is 13.1 Å². The molecule has 0 aromatic rings. The summed E-state index contributed by atoms with van der Waals surface area (Å²) in [6.07, 6.45) is 0.741. The van der Waals surface area contributed by atoms with E-state index in [9.17, 15) is 5.11 Å². The molecule has 0 spiro atoms. The van der Waals surface area contributed by atoms with Crippen molar-refractivity contribution < 1.29 is 5.11 Å². The lowest BCUT2D eigenvalue weighted by molar-refractivity contribution is 0.130. The molecule has 3 N–H and O–H groups in total. The zero-order chi connectivity index (χ0) is 10.3. The molecule has 0 fully saturated rings. The van der Waals surface area contributed by atoms with Crippen LogP contribution < -0.4 is 5.73 Å². The molecule has 1 atom stereocenters. The zero-order valence-corrected chi connectivity index (χ0v) is 9.03. The van der Waals surface area contributed by atoms with Gasteiger partial charge in [0, 0.05) is 13.1 Å². The zero-order valence-electron chi connectivity index (χ0n) is 9.03. The first-order valence-electron chi connectivity index (χ1n) is 4.77. The number of likely N-dealkylation sites (N-methyl/N-ethyl adjacent to an activating group) is 1. The van der Waals surface area contributed by atoms with Gasteiger partial charge in [0.25, 0.3) is 0 Å². The molecule has 0 saturated carbocycles. The van der Waals surface area contributed by atoms with Crippen LogP contribution in [0.2, 0.25) is 0 Å². The predicted octanol–water partition coefficient (Wildman–Crippen LogP) is -0.810. The first kappa shape index (κ1) is 12.8. The van der Waals surface area contributed by atoms with Gasteiger partial charge in [-0.05, 0) is 40.7 Å². The van der Waals surface area contributed by atoms with Gasteiger partial charge in [-0.2, -0.15) is 0 Å². The summed E-state index contributed by atoms with van der Waals surface area (Å²) in [7, 11) is 6.14. The van der Waals surface area contributed by atoms with Gasteiger partial charge in [0.15, 0.2) is 0 Å². The highest BCUT2D eigenvalue weighted by atomic mass is 16.3. The Labute approximate surface area is 81.3 Å². The Hall–Kier alpha value is -0.160. The molecule has 4 heteroatoms. The molecule has 0 bridgehead atoms. The highest BCUT2D eigenvalue weighted by Gasteiger charge is 2.05. The standard InChI is InChI=1S/C9H23N3O/c1-11(2)5-4-6-12(3)8-9(13)7-10/h9,13H,4-8,10H2,1-3H3. The third kappa shape index (κ3) is 8.18. The maximum absolute atomic E-state index is 9.26. The van der Waals surface area contributed by atoms with Crippen LogP contribution in [0.5, 0.6) is 0 Å². The lowest BCUT2D eigenvalue weighted by Crippen LogP contribution is -2.35. The summed E-state index contributed by atoms with van der Waals surface area (Å²) in [6.45, 7) is 3.11. The summed E-state index contributed by atoms with van der Waals surface area (Å²) in [5.74, 6) is 0. The Balaban J connectivity index is 3.34. The van der Waals surface area contributed by atoms with E-state index in [2.05, 4.69) is 23.9 Å². The van der Waals surface area contributed by atoms with E-state index < -0.39 is 0 Å². The molecule has 0 aliphatic carbocycles. The quantitative estimate of drug-likeness (QED) is 0.550. The van der Waals surface area contributed by atoms with Crippen LogP contribution in [-0.2, 0) is 0 Å². The van der Waals surface area contributed by atoms with Crippen LogP contribution in [0.3, 0.4) is 0 Å². The van der Waals surface area contributed by atoms with Gasteiger partial charge in [-0.1, -0.05) is 0 Å². The molecule has 0 amide bonds. The van der Waals surface area contributed by atoms with Crippen LogP contribution in [0, 0.1) is 0 Å². The Kier molecular flexibility index (Phi) is 7.17. The minimum atomic E-state index is -0.385. The van der Waals surface area contributed by atoms with Crippen LogP contribution in [0.4, 0.5) is 0 Å². The highest BCUT2D eigenvalue weighted by Crippen LogP contribution is 1.91. The second-order valence-corrected chi connectivity index (χ2v) is 3.81. The summed E-state index contributed by atoms with van der Waals surface area (Å²) in [5.41, 5.74) is 5.31. The van der Waals surface area contributed by atoms with Crippen molar-refractivity contribution in [3.05, 3.63) is 0 Å². The maximum atomic E-state index is 9.26. The lowest BCUT2D eigenvalue weighted by atomic mass is 10.3. The Morgan fingerprint density at radius 1 is 1.23 bits per heavy atom. The van der Waals surface area contributed by atoms with Gasteiger partial charge >= 0.3 is 0 Å². The number of nitrogens with zero attached hydrogens (tertiary/aromatic N) is 2. The molecular formula is C9H23N3O. The molecule has 80 valence electrons. The van der Waals surface area contributed by atoms with Crippen molar-refractivity contribution in [3.63, 3.8) is 0 Å². The molecule has 1 unspecified atom stereocenters. The summed E-state index contributed by atoms with van der Waals surface area (Å²) in [6, 6.07) is 0. The van der Waals surface area contributed by atoms with Crippen LogP contribution in [0.15, 0.2) is 0 Å². The van der Waals surface area contributed by atoms with Crippen molar-refractivity contribution in [2.45, 2.75) is 12.5 Å². The molecule has 0 aromatic carbocycles. The molecule has 0 aromatic heterocycles. The summed E-state index contributed by atoms with van der Waals surface area (Å²) < 4.78 is 0. The predicted molar refractivity (Wildman–Crippen MR) is 55.7 cm³/mol. The summed E-state index contributed by atoms with van der Waals surface area (Å²) in [4.78, 5) is 4.27. The van der Waals surface area contributed by atoms with Crippen LogP contribution in [-0.4, -0.2) is 68.3 Å². The van der Waals surface area contributed by atoms with Crippen LogP contribution in [0.25, 0.3) is 0 Å².